The molecule has 18 heavy (non-hydrogen) atoms. The molecule has 0 saturated carbocycles. The number of benzene rings is 1. The van der Waals surface area contributed by atoms with Crippen LogP contribution in [0.15, 0.2) is 18.2 Å². The first-order chi connectivity index (χ1) is 8.70. The van der Waals surface area contributed by atoms with E-state index >= 15 is 0 Å². The van der Waals surface area contributed by atoms with E-state index in [0.29, 0.717) is 6.54 Å². The van der Waals surface area contributed by atoms with Gasteiger partial charge >= 0.3 is 0 Å². The molecule has 94 valence electrons. The summed E-state index contributed by atoms with van der Waals surface area (Å²) in [6.45, 7) is 5.85. The normalized spacial score (nSPS) is 13.9. The van der Waals surface area contributed by atoms with Crippen molar-refractivity contribution >= 4 is 0 Å². The summed E-state index contributed by atoms with van der Waals surface area (Å²) < 4.78 is 2.14. The van der Waals surface area contributed by atoms with Crippen LogP contribution in [0.2, 0.25) is 0 Å². The van der Waals surface area contributed by atoms with Gasteiger partial charge in [-0.2, -0.15) is 5.10 Å². The zero-order valence-corrected chi connectivity index (χ0v) is 11.0. The molecule has 1 aromatic heterocycles. The van der Waals surface area contributed by atoms with Crippen molar-refractivity contribution in [3.05, 3.63) is 40.7 Å². The smallest absolute Gasteiger partial charge is 0.0841 e. The standard InChI is InChI=1S/C15H19N3/c1-10-5-6-11(2)12(8-10)15-13(9-16)17-18-7-3-4-14(15)18/h5-6,8H,3-4,7,9,16H2,1-2H3. The van der Waals surface area contributed by atoms with E-state index < -0.39 is 0 Å². The minimum Gasteiger partial charge on any atom is -0.325 e. The van der Waals surface area contributed by atoms with Crippen LogP contribution in [0.4, 0.5) is 0 Å². The molecule has 1 aromatic carbocycles. The summed E-state index contributed by atoms with van der Waals surface area (Å²) in [6.07, 6.45) is 2.32. The molecule has 0 unspecified atom stereocenters. The van der Waals surface area contributed by atoms with E-state index in [2.05, 4.69) is 41.8 Å². The Hall–Kier alpha value is -1.61. The average Bonchev–Trinajstić information content (AvgIpc) is 2.92. The molecular formula is C15H19N3. The number of fused-ring (bicyclic) bond motifs is 1. The van der Waals surface area contributed by atoms with Crippen molar-refractivity contribution in [2.45, 2.75) is 39.8 Å². The number of aromatic nitrogens is 2. The van der Waals surface area contributed by atoms with Gasteiger partial charge in [0.25, 0.3) is 0 Å². The Morgan fingerprint density at radius 1 is 1.33 bits per heavy atom. The third-order valence-corrected chi connectivity index (χ3v) is 3.77. The number of nitrogens with two attached hydrogens (primary N) is 1. The maximum Gasteiger partial charge on any atom is 0.0841 e. The molecule has 0 atom stereocenters. The molecule has 0 saturated heterocycles. The van der Waals surface area contributed by atoms with Gasteiger partial charge in [-0.3, -0.25) is 4.68 Å². The summed E-state index contributed by atoms with van der Waals surface area (Å²) in [7, 11) is 0. The molecule has 2 N–H and O–H groups in total. The number of aryl methyl sites for hydroxylation is 3. The van der Waals surface area contributed by atoms with E-state index in [1.54, 1.807) is 0 Å². The third-order valence-electron chi connectivity index (χ3n) is 3.77. The van der Waals surface area contributed by atoms with Gasteiger partial charge in [0, 0.05) is 24.3 Å². The van der Waals surface area contributed by atoms with Crippen LogP contribution in [0.3, 0.4) is 0 Å². The van der Waals surface area contributed by atoms with Crippen molar-refractivity contribution in [3.8, 4) is 11.1 Å². The predicted molar refractivity (Wildman–Crippen MR) is 73.3 cm³/mol. The molecule has 2 heterocycles. The summed E-state index contributed by atoms with van der Waals surface area (Å²) in [5.41, 5.74) is 13.5. The van der Waals surface area contributed by atoms with Gasteiger partial charge in [-0.05, 0) is 37.8 Å². The summed E-state index contributed by atoms with van der Waals surface area (Å²) in [5.74, 6) is 0. The maximum atomic E-state index is 5.86. The van der Waals surface area contributed by atoms with E-state index in [9.17, 15) is 0 Å². The SMILES string of the molecule is Cc1ccc(C)c(-c2c(CN)nn3c2CCC3)c1. The van der Waals surface area contributed by atoms with E-state index in [1.165, 1.54) is 34.4 Å². The number of rotatable bonds is 2. The highest BCUT2D eigenvalue weighted by Crippen LogP contribution is 2.34. The first-order valence-electron chi connectivity index (χ1n) is 6.57. The molecule has 3 heteroatoms. The molecule has 3 nitrogen and oxygen atoms in total. The van der Waals surface area contributed by atoms with Crippen molar-refractivity contribution in [2.24, 2.45) is 5.73 Å². The zero-order chi connectivity index (χ0) is 12.7. The Morgan fingerprint density at radius 2 is 2.17 bits per heavy atom. The van der Waals surface area contributed by atoms with Crippen LogP contribution in [0.1, 0.15) is 28.9 Å². The molecule has 0 radical (unpaired) electrons. The summed E-state index contributed by atoms with van der Waals surface area (Å²) in [5, 5.41) is 4.65. The first-order valence-corrected chi connectivity index (χ1v) is 6.57. The molecule has 3 rings (SSSR count). The lowest BCUT2D eigenvalue weighted by molar-refractivity contribution is 0.644. The highest BCUT2D eigenvalue weighted by atomic mass is 15.3. The van der Waals surface area contributed by atoms with Crippen LogP contribution >= 0.6 is 0 Å². The van der Waals surface area contributed by atoms with E-state index in [0.717, 1.165) is 18.7 Å². The minimum atomic E-state index is 0.517. The van der Waals surface area contributed by atoms with Gasteiger partial charge in [0.05, 0.1) is 5.69 Å². The van der Waals surface area contributed by atoms with Crippen LogP contribution in [-0.2, 0) is 19.5 Å². The summed E-state index contributed by atoms with van der Waals surface area (Å²) in [6, 6.07) is 6.60. The minimum absolute atomic E-state index is 0.517. The van der Waals surface area contributed by atoms with Gasteiger partial charge < -0.3 is 5.73 Å². The van der Waals surface area contributed by atoms with Crippen LogP contribution < -0.4 is 5.73 Å². The topological polar surface area (TPSA) is 43.8 Å². The van der Waals surface area contributed by atoms with Crippen LogP contribution in [0.5, 0.6) is 0 Å². The second-order valence-corrected chi connectivity index (χ2v) is 5.12. The Bertz CT molecular complexity index is 596. The summed E-state index contributed by atoms with van der Waals surface area (Å²) >= 11 is 0. The third kappa shape index (κ3) is 1.66. The largest absolute Gasteiger partial charge is 0.325 e. The second kappa shape index (κ2) is 4.25. The molecule has 1 aliphatic rings. The van der Waals surface area contributed by atoms with E-state index in [4.69, 9.17) is 5.73 Å². The van der Waals surface area contributed by atoms with Crippen LogP contribution in [0, 0.1) is 13.8 Å². The van der Waals surface area contributed by atoms with Gasteiger partial charge in [0.15, 0.2) is 0 Å². The fourth-order valence-corrected chi connectivity index (χ4v) is 2.85. The quantitative estimate of drug-likeness (QED) is 0.878. The molecule has 0 bridgehead atoms. The van der Waals surface area contributed by atoms with Gasteiger partial charge in [-0.25, -0.2) is 0 Å². The maximum absolute atomic E-state index is 5.86. The van der Waals surface area contributed by atoms with Crippen LogP contribution in [0.25, 0.3) is 11.1 Å². The molecule has 0 fully saturated rings. The number of hydrogen-bond donors (Lipinski definition) is 1. The van der Waals surface area contributed by atoms with Gasteiger partial charge in [0.1, 0.15) is 0 Å². The Kier molecular flexibility index (Phi) is 2.71. The van der Waals surface area contributed by atoms with Gasteiger partial charge in [0.2, 0.25) is 0 Å². The second-order valence-electron chi connectivity index (χ2n) is 5.12. The number of hydrogen-bond acceptors (Lipinski definition) is 2. The van der Waals surface area contributed by atoms with Gasteiger partial charge in [-0.1, -0.05) is 23.8 Å². The first kappa shape index (κ1) is 11.5. The summed E-state index contributed by atoms with van der Waals surface area (Å²) in [4.78, 5) is 0. The van der Waals surface area contributed by atoms with Gasteiger partial charge in [-0.15, -0.1) is 0 Å². The molecule has 0 aliphatic carbocycles. The lowest BCUT2D eigenvalue weighted by Crippen LogP contribution is -2.01. The van der Waals surface area contributed by atoms with Crippen molar-refractivity contribution in [3.63, 3.8) is 0 Å². The fraction of sp³-hybridized carbons (Fsp3) is 0.400. The zero-order valence-electron chi connectivity index (χ0n) is 11.0. The highest BCUT2D eigenvalue weighted by Gasteiger charge is 2.22. The van der Waals surface area contributed by atoms with Crippen molar-refractivity contribution < 1.29 is 0 Å². The molecular weight excluding hydrogens is 222 g/mol. The Balaban J connectivity index is 2.24. The predicted octanol–water partition coefficient (Wildman–Crippen LogP) is 2.57. The lowest BCUT2D eigenvalue weighted by Gasteiger charge is -2.09. The van der Waals surface area contributed by atoms with Crippen molar-refractivity contribution in [1.82, 2.24) is 9.78 Å². The monoisotopic (exact) mass is 241 g/mol. The fourth-order valence-electron chi connectivity index (χ4n) is 2.85. The molecule has 0 amide bonds. The van der Waals surface area contributed by atoms with Crippen molar-refractivity contribution in [2.75, 3.05) is 0 Å². The Morgan fingerprint density at radius 3 is 2.94 bits per heavy atom. The lowest BCUT2D eigenvalue weighted by atomic mass is 9.95. The van der Waals surface area contributed by atoms with Crippen molar-refractivity contribution in [1.29, 1.82) is 0 Å². The van der Waals surface area contributed by atoms with Crippen LogP contribution in [-0.4, -0.2) is 9.78 Å². The highest BCUT2D eigenvalue weighted by molar-refractivity contribution is 5.73. The molecule has 1 aliphatic heterocycles. The molecule has 0 spiro atoms. The Labute approximate surface area is 108 Å². The molecule has 2 aromatic rings. The van der Waals surface area contributed by atoms with E-state index in [1.807, 2.05) is 0 Å². The average molecular weight is 241 g/mol. The van der Waals surface area contributed by atoms with E-state index in [-0.39, 0.29) is 0 Å². The number of nitrogens with zero attached hydrogens (tertiary/aromatic N) is 2.